The Labute approximate surface area is 181 Å². The Hall–Kier alpha value is -2.58. The Morgan fingerprint density at radius 2 is 1.87 bits per heavy atom. The van der Waals surface area contributed by atoms with Crippen LogP contribution in [0, 0.1) is 11.8 Å². The van der Waals surface area contributed by atoms with Crippen LogP contribution in [0.15, 0.2) is 18.2 Å². The number of hydrogen-bond acceptors (Lipinski definition) is 6. The van der Waals surface area contributed by atoms with Gasteiger partial charge in [-0.25, -0.2) is 0 Å². The lowest BCUT2D eigenvalue weighted by atomic mass is 9.84. The van der Waals surface area contributed by atoms with Crippen molar-refractivity contribution in [2.24, 2.45) is 11.8 Å². The predicted octanol–water partition coefficient (Wildman–Crippen LogP) is 0.909. The standard InChI is InChI=1S/C23H28N4O4/c28-19-7-6-18(21(29)25-19)27-22(30)17-5-1-3-16(20(17)23(27)31)13-26-10-2-4-15(12-26)14-8-9-24-11-14/h1,3,5,14-15,18,24H,2,4,6-13H2,(H,25,28,29). The highest BCUT2D eigenvalue weighted by molar-refractivity contribution is 6.24. The first kappa shape index (κ1) is 20.3. The van der Waals surface area contributed by atoms with Crippen molar-refractivity contribution in [2.45, 2.75) is 44.7 Å². The molecule has 164 valence electrons. The van der Waals surface area contributed by atoms with Crippen molar-refractivity contribution in [3.05, 3.63) is 34.9 Å². The van der Waals surface area contributed by atoms with E-state index in [2.05, 4.69) is 15.5 Å². The highest BCUT2D eigenvalue weighted by Crippen LogP contribution is 2.32. The summed E-state index contributed by atoms with van der Waals surface area (Å²) in [7, 11) is 0. The number of carbonyl (C=O) groups is 4. The Kier molecular flexibility index (Phi) is 5.35. The second-order valence-corrected chi connectivity index (χ2v) is 9.18. The lowest BCUT2D eigenvalue weighted by molar-refractivity contribution is -0.136. The molecule has 3 unspecified atom stereocenters. The zero-order chi connectivity index (χ0) is 21.5. The summed E-state index contributed by atoms with van der Waals surface area (Å²) in [6, 6.07) is 4.47. The molecule has 4 aliphatic rings. The first-order valence-corrected chi connectivity index (χ1v) is 11.3. The van der Waals surface area contributed by atoms with Gasteiger partial charge in [0.1, 0.15) is 6.04 Å². The van der Waals surface area contributed by atoms with Gasteiger partial charge in [0, 0.05) is 19.5 Å². The number of hydrogen-bond donors (Lipinski definition) is 2. The predicted molar refractivity (Wildman–Crippen MR) is 112 cm³/mol. The number of rotatable bonds is 4. The fourth-order valence-electron chi connectivity index (χ4n) is 5.66. The van der Waals surface area contributed by atoms with Crippen molar-refractivity contribution in [3.8, 4) is 0 Å². The van der Waals surface area contributed by atoms with Crippen molar-refractivity contribution >= 4 is 23.6 Å². The maximum absolute atomic E-state index is 13.3. The van der Waals surface area contributed by atoms with Gasteiger partial charge in [0.25, 0.3) is 11.8 Å². The molecule has 4 aliphatic heterocycles. The quantitative estimate of drug-likeness (QED) is 0.697. The fourth-order valence-corrected chi connectivity index (χ4v) is 5.66. The number of nitrogens with one attached hydrogen (secondary N) is 2. The van der Waals surface area contributed by atoms with Crippen LogP contribution in [0.1, 0.15) is 58.4 Å². The molecule has 2 N–H and O–H groups in total. The van der Waals surface area contributed by atoms with Crippen LogP contribution >= 0.6 is 0 Å². The zero-order valence-electron chi connectivity index (χ0n) is 17.6. The molecule has 4 heterocycles. The van der Waals surface area contributed by atoms with Crippen molar-refractivity contribution < 1.29 is 19.2 Å². The van der Waals surface area contributed by atoms with Crippen LogP contribution in [0.3, 0.4) is 0 Å². The van der Waals surface area contributed by atoms with E-state index >= 15 is 0 Å². The largest absolute Gasteiger partial charge is 0.316 e. The summed E-state index contributed by atoms with van der Waals surface area (Å²) in [5.41, 5.74) is 1.62. The maximum atomic E-state index is 13.3. The van der Waals surface area contributed by atoms with Gasteiger partial charge in [0.2, 0.25) is 11.8 Å². The maximum Gasteiger partial charge on any atom is 0.262 e. The molecule has 1 aromatic rings. The first-order valence-electron chi connectivity index (χ1n) is 11.3. The third kappa shape index (κ3) is 3.68. The van der Waals surface area contributed by atoms with Gasteiger partial charge >= 0.3 is 0 Å². The van der Waals surface area contributed by atoms with Crippen LogP contribution in [0.2, 0.25) is 0 Å². The minimum Gasteiger partial charge on any atom is -0.316 e. The molecule has 0 aliphatic carbocycles. The Morgan fingerprint density at radius 1 is 1.00 bits per heavy atom. The Balaban J connectivity index is 1.36. The number of nitrogens with zero attached hydrogens (tertiary/aromatic N) is 2. The van der Waals surface area contributed by atoms with Gasteiger partial charge in [-0.05, 0) is 68.8 Å². The van der Waals surface area contributed by atoms with Gasteiger partial charge < -0.3 is 5.32 Å². The van der Waals surface area contributed by atoms with E-state index in [1.165, 1.54) is 12.8 Å². The molecule has 4 amide bonds. The Bertz CT molecular complexity index is 940. The van der Waals surface area contributed by atoms with Crippen molar-refractivity contribution in [3.63, 3.8) is 0 Å². The third-order valence-electron chi connectivity index (χ3n) is 7.26. The van der Waals surface area contributed by atoms with Gasteiger partial charge in [0.05, 0.1) is 11.1 Å². The molecule has 8 nitrogen and oxygen atoms in total. The molecule has 0 radical (unpaired) electrons. The van der Waals surface area contributed by atoms with Crippen LogP contribution < -0.4 is 10.6 Å². The summed E-state index contributed by atoms with van der Waals surface area (Å²) in [5, 5.41) is 5.71. The average molecular weight is 425 g/mol. The number of fused-ring (bicyclic) bond motifs is 1. The Morgan fingerprint density at radius 3 is 2.65 bits per heavy atom. The number of likely N-dealkylation sites (tertiary alicyclic amines) is 1. The molecule has 0 bridgehead atoms. The summed E-state index contributed by atoms with van der Waals surface area (Å²) in [5.74, 6) is -0.413. The van der Waals surface area contributed by atoms with Crippen molar-refractivity contribution in [1.82, 2.24) is 20.4 Å². The molecule has 3 saturated heterocycles. The van der Waals surface area contributed by atoms with E-state index in [0.29, 0.717) is 23.6 Å². The van der Waals surface area contributed by atoms with Crippen LogP contribution in [-0.2, 0) is 16.1 Å². The smallest absolute Gasteiger partial charge is 0.262 e. The summed E-state index contributed by atoms with van der Waals surface area (Å²) in [4.78, 5) is 53.5. The zero-order valence-corrected chi connectivity index (χ0v) is 17.6. The molecule has 0 saturated carbocycles. The second kappa shape index (κ2) is 8.16. The van der Waals surface area contributed by atoms with Crippen molar-refractivity contribution in [1.29, 1.82) is 0 Å². The number of piperidine rings is 2. The molecule has 0 spiro atoms. The fraction of sp³-hybridized carbons (Fsp3) is 0.565. The lowest BCUT2D eigenvalue weighted by Gasteiger charge is -2.35. The minimum atomic E-state index is -0.924. The molecular formula is C23H28N4O4. The van der Waals surface area contributed by atoms with E-state index in [-0.39, 0.29) is 18.7 Å². The van der Waals surface area contributed by atoms with E-state index in [4.69, 9.17) is 0 Å². The highest BCUT2D eigenvalue weighted by Gasteiger charge is 2.45. The number of amides is 4. The SMILES string of the molecule is O=C1CCC(N2C(=O)c3cccc(CN4CCCC(C5CCNC5)C4)c3C2=O)C(=O)N1. The van der Waals surface area contributed by atoms with Crippen LogP contribution in [0.5, 0.6) is 0 Å². The summed E-state index contributed by atoms with van der Waals surface area (Å²) < 4.78 is 0. The topological polar surface area (TPSA) is 98.8 Å². The van der Waals surface area contributed by atoms with E-state index in [1.807, 2.05) is 12.1 Å². The van der Waals surface area contributed by atoms with E-state index < -0.39 is 23.8 Å². The molecule has 0 aromatic heterocycles. The van der Waals surface area contributed by atoms with Crippen molar-refractivity contribution in [2.75, 3.05) is 26.2 Å². The normalized spacial score (nSPS) is 29.4. The first-order chi connectivity index (χ1) is 15.0. The third-order valence-corrected chi connectivity index (χ3v) is 7.26. The second-order valence-electron chi connectivity index (χ2n) is 9.18. The summed E-state index contributed by atoms with van der Waals surface area (Å²) in [6.45, 7) is 4.81. The lowest BCUT2D eigenvalue weighted by Crippen LogP contribution is -2.54. The monoisotopic (exact) mass is 424 g/mol. The molecule has 3 fully saturated rings. The summed E-state index contributed by atoms with van der Waals surface area (Å²) >= 11 is 0. The van der Waals surface area contributed by atoms with E-state index in [0.717, 1.165) is 49.0 Å². The van der Waals surface area contributed by atoms with Crippen LogP contribution in [-0.4, -0.2) is 65.6 Å². The van der Waals surface area contributed by atoms with Crippen LogP contribution in [0.25, 0.3) is 0 Å². The molecule has 3 atom stereocenters. The molecule has 5 rings (SSSR count). The minimum absolute atomic E-state index is 0.127. The number of imide groups is 2. The van der Waals surface area contributed by atoms with Gasteiger partial charge in [-0.2, -0.15) is 0 Å². The van der Waals surface area contributed by atoms with Gasteiger partial charge in [0.15, 0.2) is 0 Å². The van der Waals surface area contributed by atoms with Gasteiger partial charge in [-0.3, -0.25) is 34.3 Å². The number of carbonyl (C=O) groups excluding carboxylic acids is 4. The van der Waals surface area contributed by atoms with Gasteiger partial charge in [-0.1, -0.05) is 12.1 Å². The number of benzene rings is 1. The molecule has 31 heavy (non-hydrogen) atoms. The van der Waals surface area contributed by atoms with Gasteiger partial charge in [-0.15, -0.1) is 0 Å². The van der Waals surface area contributed by atoms with E-state index in [1.54, 1.807) is 6.07 Å². The molecule has 1 aromatic carbocycles. The molecule has 8 heteroatoms. The van der Waals surface area contributed by atoms with E-state index in [9.17, 15) is 19.2 Å². The average Bonchev–Trinajstić information content (AvgIpc) is 3.38. The van der Waals surface area contributed by atoms with Crippen LogP contribution in [0.4, 0.5) is 0 Å². The highest BCUT2D eigenvalue weighted by atomic mass is 16.2. The summed E-state index contributed by atoms with van der Waals surface area (Å²) in [6.07, 6.45) is 3.92. The molecular weight excluding hydrogens is 396 g/mol.